The van der Waals surface area contributed by atoms with Gasteiger partial charge in [-0.15, -0.1) is 0 Å². The van der Waals surface area contributed by atoms with Gasteiger partial charge in [0.05, 0.1) is 17.6 Å². The van der Waals surface area contributed by atoms with E-state index < -0.39 is 0 Å². The molecular weight excluding hydrogens is 268 g/mol. The van der Waals surface area contributed by atoms with E-state index in [4.69, 9.17) is 4.84 Å². The molecule has 0 atom stereocenters. The van der Waals surface area contributed by atoms with Gasteiger partial charge in [0, 0.05) is 12.6 Å². The average molecular weight is 284 g/mol. The third kappa shape index (κ3) is 3.27. The molecule has 2 aromatic carbocycles. The predicted molar refractivity (Wildman–Crippen MR) is 81.5 cm³/mol. The molecular formula is C16H16N2O3. The molecule has 0 N–H and O–H groups in total. The number of benzene rings is 2. The number of hydrogen-bond acceptors (Lipinski definition) is 4. The minimum Gasteiger partial charge on any atom is -0.277 e. The first-order chi connectivity index (χ1) is 10.1. The van der Waals surface area contributed by atoms with Gasteiger partial charge in [0.2, 0.25) is 0 Å². The molecule has 0 aromatic heterocycles. The summed E-state index contributed by atoms with van der Waals surface area (Å²) in [7, 11) is 3.13. The van der Waals surface area contributed by atoms with Crippen molar-refractivity contribution in [1.82, 2.24) is 5.06 Å². The number of hydrogen-bond donors (Lipinski definition) is 0. The average Bonchev–Trinajstić information content (AvgIpc) is 2.53. The second-order valence-corrected chi connectivity index (χ2v) is 4.37. The molecule has 5 heteroatoms. The molecule has 0 saturated heterocycles. The molecule has 0 radical (unpaired) electrons. The van der Waals surface area contributed by atoms with Crippen molar-refractivity contribution in [3.05, 3.63) is 81.9 Å². The normalized spacial score (nSPS) is 11.7. The molecule has 0 unspecified atom stereocenters. The second kappa shape index (κ2) is 6.67. The van der Waals surface area contributed by atoms with Crippen molar-refractivity contribution in [1.29, 1.82) is 0 Å². The fourth-order valence-electron chi connectivity index (χ4n) is 2.08. The van der Waals surface area contributed by atoms with Gasteiger partial charge in [-0.2, -0.15) is 0 Å². The van der Waals surface area contributed by atoms with E-state index in [1.165, 1.54) is 12.2 Å². The monoisotopic (exact) mass is 284 g/mol. The highest BCUT2D eigenvalue weighted by molar-refractivity contribution is 5.85. The van der Waals surface area contributed by atoms with Crippen LogP contribution in [0.3, 0.4) is 0 Å². The fraction of sp³-hybridized carbons (Fsp3) is 0.125. The third-order valence-corrected chi connectivity index (χ3v) is 3.09. The molecule has 0 bridgehead atoms. The van der Waals surface area contributed by atoms with Crippen LogP contribution in [0.15, 0.2) is 60.7 Å². The van der Waals surface area contributed by atoms with Crippen LogP contribution >= 0.6 is 0 Å². The van der Waals surface area contributed by atoms with E-state index in [0.29, 0.717) is 11.3 Å². The van der Waals surface area contributed by atoms with Crippen LogP contribution in [0, 0.1) is 10.1 Å². The molecule has 108 valence electrons. The van der Waals surface area contributed by atoms with Crippen LogP contribution in [-0.2, 0) is 4.84 Å². The Labute approximate surface area is 123 Å². The number of nitrogens with zero attached hydrogens (tertiary/aromatic N) is 2. The Hall–Kier alpha value is -2.66. The van der Waals surface area contributed by atoms with E-state index in [-0.39, 0.29) is 10.6 Å². The van der Waals surface area contributed by atoms with Gasteiger partial charge in [-0.25, -0.2) is 5.06 Å². The van der Waals surface area contributed by atoms with Gasteiger partial charge in [0.25, 0.3) is 0 Å². The Morgan fingerprint density at radius 1 is 1.00 bits per heavy atom. The van der Waals surface area contributed by atoms with Crippen molar-refractivity contribution in [2.75, 3.05) is 14.2 Å². The predicted octanol–water partition coefficient (Wildman–Crippen LogP) is 3.28. The summed E-state index contributed by atoms with van der Waals surface area (Å²) < 4.78 is 0. The zero-order chi connectivity index (χ0) is 15.2. The van der Waals surface area contributed by atoms with Crippen molar-refractivity contribution >= 4 is 11.4 Å². The largest absolute Gasteiger partial charge is 0.302 e. The summed E-state index contributed by atoms with van der Waals surface area (Å²) in [6.07, 6.45) is 0. The minimum absolute atomic E-state index is 0.00569. The van der Waals surface area contributed by atoms with E-state index in [1.807, 2.05) is 36.4 Å². The van der Waals surface area contributed by atoms with Crippen LogP contribution in [-0.4, -0.2) is 24.1 Å². The maximum Gasteiger partial charge on any atom is 0.302 e. The van der Waals surface area contributed by atoms with E-state index in [2.05, 4.69) is 0 Å². The molecule has 21 heavy (non-hydrogen) atoms. The minimum atomic E-state index is -0.382. The maximum atomic E-state index is 11.6. The zero-order valence-corrected chi connectivity index (χ0v) is 11.9. The SMILES string of the molecule is CON(C)/C(=C(/c1ccccc1)[N+](=O)[O-])c1ccccc1. The van der Waals surface area contributed by atoms with Gasteiger partial charge in [0.1, 0.15) is 5.70 Å². The Balaban J connectivity index is 2.72. The Morgan fingerprint density at radius 3 is 1.90 bits per heavy atom. The van der Waals surface area contributed by atoms with Crippen molar-refractivity contribution in [2.24, 2.45) is 0 Å². The van der Waals surface area contributed by atoms with Crippen LogP contribution < -0.4 is 0 Å². The standard InChI is InChI=1S/C16H16N2O3/c1-17(21-2)15(13-9-5-3-6-10-13)16(18(19)20)14-11-7-4-8-12-14/h3-12H,1-2H3/b16-15-. The topological polar surface area (TPSA) is 55.6 Å². The smallest absolute Gasteiger partial charge is 0.277 e. The molecule has 0 aliphatic heterocycles. The summed E-state index contributed by atoms with van der Waals surface area (Å²) >= 11 is 0. The van der Waals surface area contributed by atoms with E-state index in [1.54, 1.807) is 31.3 Å². The highest BCUT2D eigenvalue weighted by Crippen LogP contribution is 2.29. The van der Waals surface area contributed by atoms with Crippen LogP contribution in [0.25, 0.3) is 11.4 Å². The first kappa shape index (κ1) is 14.7. The number of hydroxylamine groups is 2. The van der Waals surface area contributed by atoms with Gasteiger partial charge in [-0.3, -0.25) is 15.0 Å². The zero-order valence-electron chi connectivity index (χ0n) is 11.9. The first-order valence-electron chi connectivity index (χ1n) is 6.42. The Morgan fingerprint density at radius 2 is 1.48 bits per heavy atom. The van der Waals surface area contributed by atoms with Crippen LogP contribution in [0.1, 0.15) is 11.1 Å². The van der Waals surface area contributed by atoms with E-state index >= 15 is 0 Å². The summed E-state index contributed by atoms with van der Waals surface area (Å²) in [5.74, 6) is 0. The Bertz CT molecular complexity index is 639. The highest BCUT2D eigenvalue weighted by atomic mass is 16.7. The molecule has 0 spiro atoms. The van der Waals surface area contributed by atoms with Gasteiger partial charge >= 0.3 is 5.70 Å². The molecule has 0 aliphatic carbocycles. The molecule has 5 nitrogen and oxygen atoms in total. The molecule has 0 saturated carbocycles. The summed E-state index contributed by atoms with van der Waals surface area (Å²) in [5, 5.41) is 13.0. The Kier molecular flexibility index (Phi) is 4.68. The molecule has 2 aromatic rings. The third-order valence-electron chi connectivity index (χ3n) is 3.09. The van der Waals surface area contributed by atoms with Crippen molar-refractivity contribution < 1.29 is 9.76 Å². The summed E-state index contributed by atoms with van der Waals surface area (Å²) in [6, 6.07) is 18.0. The van der Waals surface area contributed by atoms with Gasteiger partial charge < -0.3 is 0 Å². The maximum absolute atomic E-state index is 11.6. The highest BCUT2D eigenvalue weighted by Gasteiger charge is 2.25. The lowest BCUT2D eigenvalue weighted by atomic mass is 10.1. The van der Waals surface area contributed by atoms with Crippen LogP contribution in [0.2, 0.25) is 0 Å². The van der Waals surface area contributed by atoms with Gasteiger partial charge in [-0.05, 0) is 12.1 Å². The summed E-state index contributed by atoms with van der Waals surface area (Å²) in [5.41, 5.74) is 1.67. The lowest BCUT2D eigenvalue weighted by Gasteiger charge is -2.20. The number of nitro groups is 1. The van der Waals surface area contributed by atoms with Crippen molar-refractivity contribution in [2.45, 2.75) is 0 Å². The molecule has 0 fully saturated rings. The van der Waals surface area contributed by atoms with E-state index in [9.17, 15) is 10.1 Å². The van der Waals surface area contributed by atoms with Crippen LogP contribution in [0.5, 0.6) is 0 Å². The lowest BCUT2D eigenvalue weighted by molar-refractivity contribution is -0.375. The van der Waals surface area contributed by atoms with Crippen molar-refractivity contribution in [3.8, 4) is 0 Å². The summed E-state index contributed by atoms with van der Waals surface area (Å²) in [6.45, 7) is 0. The van der Waals surface area contributed by atoms with Gasteiger partial charge in [0.15, 0.2) is 0 Å². The molecule has 2 rings (SSSR count). The lowest BCUT2D eigenvalue weighted by Crippen LogP contribution is -2.19. The van der Waals surface area contributed by atoms with Crippen LogP contribution in [0.4, 0.5) is 0 Å². The van der Waals surface area contributed by atoms with E-state index in [0.717, 1.165) is 5.56 Å². The van der Waals surface area contributed by atoms with Gasteiger partial charge in [-0.1, -0.05) is 48.5 Å². The second-order valence-electron chi connectivity index (χ2n) is 4.37. The molecule has 0 aliphatic rings. The first-order valence-corrected chi connectivity index (χ1v) is 6.42. The summed E-state index contributed by atoms with van der Waals surface area (Å²) in [4.78, 5) is 16.4. The molecule has 0 amide bonds. The number of rotatable bonds is 5. The quantitative estimate of drug-likeness (QED) is 0.480. The fourth-order valence-corrected chi connectivity index (χ4v) is 2.08. The van der Waals surface area contributed by atoms with Crippen molar-refractivity contribution in [3.63, 3.8) is 0 Å². The molecule has 0 heterocycles.